The number of rotatable bonds is 2. The Balaban J connectivity index is 2.92. The van der Waals surface area contributed by atoms with Crippen LogP contribution in [0.5, 0.6) is 0 Å². The highest BCUT2D eigenvalue weighted by molar-refractivity contribution is 5.46. The minimum atomic E-state index is 0.290. The van der Waals surface area contributed by atoms with Gasteiger partial charge in [0.25, 0.3) is 0 Å². The van der Waals surface area contributed by atoms with Gasteiger partial charge in [0.1, 0.15) is 0 Å². The van der Waals surface area contributed by atoms with E-state index in [2.05, 4.69) is 35.7 Å². The summed E-state index contributed by atoms with van der Waals surface area (Å²) in [5.74, 6) is 5.96. The molecule has 15 heavy (non-hydrogen) atoms. The van der Waals surface area contributed by atoms with Crippen LogP contribution in [-0.4, -0.2) is 6.54 Å². The number of nitrogens with zero attached hydrogens (tertiary/aromatic N) is 1. The van der Waals surface area contributed by atoms with Gasteiger partial charge in [-0.25, -0.2) is 5.53 Å². The number of benzene rings is 1. The molecule has 0 spiro atoms. The maximum absolute atomic E-state index is 6.69. The number of aryl methyl sites for hydroxylation is 2. The fourth-order valence-corrected chi connectivity index (χ4v) is 1.16. The first kappa shape index (κ1) is 11.2. The van der Waals surface area contributed by atoms with Gasteiger partial charge in [0.2, 0.25) is 0 Å². The summed E-state index contributed by atoms with van der Waals surface area (Å²) in [4.78, 5) is 0. The second kappa shape index (κ2) is 5.11. The van der Waals surface area contributed by atoms with Gasteiger partial charge < -0.3 is 0 Å². The van der Waals surface area contributed by atoms with Crippen molar-refractivity contribution in [1.82, 2.24) is 0 Å². The normalized spacial score (nSPS) is 8.93. The van der Waals surface area contributed by atoms with Gasteiger partial charge in [0, 0.05) is 11.1 Å². The van der Waals surface area contributed by atoms with Crippen LogP contribution in [-0.2, 0) is 0 Å². The zero-order chi connectivity index (χ0) is 11.3. The van der Waals surface area contributed by atoms with Crippen molar-refractivity contribution in [1.29, 1.82) is 5.53 Å². The Morgan fingerprint density at radius 1 is 1.47 bits per heavy atom. The van der Waals surface area contributed by atoms with Gasteiger partial charge in [0.05, 0.1) is 6.54 Å². The van der Waals surface area contributed by atoms with E-state index in [1.165, 1.54) is 5.56 Å². The fourth-order valence-electron chi connectivity index (χ4n) is 1.16. The van der Waals surface area contributed by atoms with Crippen LogP contribution in [0.4, 0.5) is 0 Å². The Morgan fingerprint density at radius 2 is 2.20 bits per heavy atom. The number of nitrogens with one attached hydrogen (secondary N) is 1. The summed E-state index contributed by atoms with van der Waals surface area (Å²) < 4.78 is 0. The lowest BCUT2D eigenvalue weighted by atomic mass is 10.1. The average Bonchev–Trinajstić information content (AvgIpc) is 2.20. The molecule has 1 rings (SSSR count). The molecular weight excluding hydrogens is 184 g/mol. The molecule has 0 heterocycles. The van der Waals surface area contributed by atoms with Gasteiger partial charge in [-0.15, -0.1) is 0 Å². The van der Waals surface area contributed by atoms with Gasteiger partial charge in [-0.2, -0.15) is 5.11 Å². The minimum absolute atomic E-state index is 0.290. The highest BCUT2D eigenvalue weighted by Gasteiger charge is 1.94. The van der Waals surface area contributed by atoms with Crippen LogP contribution >= 0.6 is 0 Å². The predicted octanol–water partition coefficient (Wildman–Crippen LogP) is 3.24. The molecule has 0 aliphatic heterocycles. The first-order valence-corrected chi connectivity index (χ1v) is 4.73. The van der Waals surface area contributed by atoms with Crippen LogP contribution in [0.1, 0.15) is 16.7 Å². The third-order valence-electron chi connectivity index (χ3n) is 2.04. The highest BCUT2D eigenvalue weighted by atomic mass is 14.9. The Labute approximate surface area is 90.5 Å². The van der Waals surface area contributed by atoms with E-state index in [0.717, 1.165) is 11.1 Å². The van der Waals surface area contributed by atoms with Crippen LogP contribution in [0.15, 0.2) is 35.5 Å². The van der Waals surface area contributed by atoms with Crippen molar-refractivity contribution >= 4 is 0 Å². The summed E-state index contributed by atoms with van der Waals surface area (Å²) in [6.07, 6.45) is 0. The Hall–Kier alpha value is -1.88. The van der Waals surface area contributed by atoms with Crippen LogP contribution in [0.25, 0.3) is 0 Å². The molecule has 1 aromatic carbocycles. The van der Waals surface area contributed by atoms with Gasteiger partial charge in [-0.3, -0.25) is 0 Å². The van der Waals surface area contributed by atoms with E-state index in [1.807, 2.05) is 19.9 Å². The number of hydrogen-bond donors (Lipinski definition) is 1. The first-order chi connectivity index (χ1) is 7.13. The zero-order valence-corrected chi connectivity index (χ0v) is 9.09. The monoisotopic (exact) mass is 198 g/mol. The predicted molar refractivity (Wildman–Crippen MR) is 61.9 cm³/mol. The van der Waals surface area contributed by atoms with Crippen molar-refractivity contribution in [2.75, 3.05) is 6.54 Å². The van der Waals surface area contributed by atoms with Crippen molar-refractivity contribution in [2.45, 2.75) is 13.8 Å². The zero-order valence-electron chi connectivity index (χ0n) is 9.09. The third kappa shape index (κ3) is 3.40. The largest absolute Gasteiger partial charge is 0.209 e. The van der Waals surface area contributed by atoms with E-state index >= 15 is 0 Å². The molecule has 2 nitrogen and oxygen atoms in total. The first-order valence-electron chi connectivity index (χ1n) is 4.73. The molecule has 0 aliphatic rings. The van der Waals surface area contributed by atoms with Crippen molar-refractivity contribution in [3.63, 3.8) is 0 Å². The molecular formula is C13H14N2. The standard InChI is InChI=1S/C13H14N2/c1-10-4-6-12(3)13(8-10)7-5-11(2)9-15-14/h4,6,8,14H,2,9H2,1,3H3. The maximum Gasteiger partial charge on any atom is 0.0918 e. The SMILES string of the molecule is C=C(C#Cc1cc(C)ccc1C)CN=N. The molecule has 76 valence electrons. The van der Waals surface area contributed by atoms with Crippen molar-refractivity contribution in [3.8, 4) is 11.8 Å². The fraction of sp³-hybridized carbons (Fsp3) is 0.231. The smallest absolute Gasteiger partial charge is 0.0918 e. The van der Waals surface area contributed by atoms with E-state index in [9.17, 15) is 0 Å². The molecule has 2 heteroatoms. The molecule has 0 radical (unpaired) electrons. The summed E-state index contributed by atoms with van der Waals surface area (Å²) in [6, 6.07) is 6.17. The molecule has 0 saturated heterocycles. The third-order valence-corrected chi connectivity index (χ3v) is 2.04. The lowest BCUT2D eigenvalue weighted by molar-refractivity contribution is 0.986. The van der Waals surface area contributed by atoms with Crippen LogP contribution in [0.2, 0.25) is 0 Å². The minimum Gasteiger partial charge on any atom is -0.209 e. The van der Waals surface area contributed by atoms with E-state index < -0.39 is 0 Å². The molecule has 1 aromatic rings. The molecule has 1 N–H and O–H groups in total. The lowest BCUT2D eigenvalue weighted by Gasteiger charge is -1.98. The van der Waals surface area contributed by atoms with Crippen LogP contribution < -0.4 is 0 Å². The second-order valence-electron chi connectivity index (χ2n) is 3.49. The molecule has 0 fully saturated rings. The van der Waals surface area contributed by atoms with Gasteiger partial charge in [0.15, 0.2) is 0 Å². The molecule has 0 atom stereocenters. The number of hydrogen-bond acceptors (Lipinski definition) is 2. The molecule has 0 saturated carbocycles. The average molecular weight is 198 g/mol. The molecule has 0 amide bonds. The Bertz CT molecular complexity index is 447. The summed E-state index contributed by atoms with van der Waals surface area (Å²) in [5.41, 5.74) is 10.7. The highest BCUT2D eigenvalue weighted by Crippen LogP contribution is 2.09. The van der Waals surface area contributed by atoms with Crippen molar-refractivity contribution in [2.24, 2.45) is 5.11 Å². The van der Waals surface area contributed by atoms with Crippen LogP contribution in [0.3, 0.4) is 0 Å². The van der Waals surface area contributed by atoms with E-state index in [4.69, 9.17) is 5.53 Å². The Morgan fingerprint density at radius 3 is 2.87 bits per heavy atom. The van der Waals surface area contributed by atoms with E-state index in [-0.39, 0.29) is 6.54 Å². The van der Waals surface area contributed by atoms with Crippen LogP contribution in [0, 0.1) is 31.2 Å². The lowest BCUT2D eigenvalue weighted by Crippen LogP contribution is -1.85. The summed E-state index contributed by atoms with van der Waals surface area (Å²) in [5, 5.41) is 3.24. The molecule has 0 aromatic heterocycles. The molecule has 0 bridgehead atoms. The topological polar surface area (TPSA) is 36.2 Å². The summed E-state index contributed by atoms with van der Waals surface area (Å²) in [6.45, 7) is 8.08. The van der Waals surface area contributed by atoms with E-state index in [0.29, 0.717) is 5.57 Å². The van der Waals surface area contributed by atoms with Gasteiger partial charge >= 0.3 is 0 Å². The Kier molecular flexibility index (Phi) is 3.82. The van der Waals surface area contributed by atoms with Crippen molar-refractivity contribution < 1.29 is 0 Å². The summed E-state index contributed by atoms with van der Waals surface area (Å²) in [7, 11) is 0. The summed E-state index contributed by atoms with van der Waals surface area (Å²) >= 11 is 0. The maximum atomic E-state index is 6.69. The van der Waals surface area contributed by atoms with Gasteiger partial charge in [-0.1, -0.05) is 30.6 Å². The molecule has 0 aliphatic carbocycles. The van der Waals surface area contributed by atoms with Crippen molar-refractivity contribution in [3.05, 3.63) is 47.0 Å². The molecule has 0 unspecified atom stereocenters. The van der Waals surface area contributed by atoms with Gasteiger partial charge in [-0.05, 0) is 31.0 Å². The van der Waals surface area contributed by atoms with E-state index in [1.54, 1.807) is 0 Å². The second-order valence-corrected chi connectivity index (χ2v) is 3.49. The quantitative estimate of drug-likeness (QED) is 0.559.